The molecule has 3 rings (SSSR count). The topological polar surface area (TPSA) is 87.7 Å². The first-order valence-corrected chi connectivity index (χ1v) is 7.99. The lowest BCUT2D eigenvalue weighted by atomic mass is 9.97. The fourth-order valence-electron chi connectivity index (χ4n) is 2.87. The number of benzene rings is 2. The minimum Gasteiger partial charge on any atom is -0.492 e. The molecule has 2 aromatic carbocycles. The van der Waals surface area contributed by atoms with Crippen molar-refractivity contribution in [2.75, 3.05) is 11.9 Å². The summed E-state index contributed by atoms with van der Waals surface area (Å²) in [7, 11) is 0. The van der Waals surface area contributed by atoms with E-state index < -0.39 is 29.8 Å². The molecule has 27 heavy (non-hydrogen) atoms. The summed E-state index contributed by atoms with van der Waals surface area (Å²) < 4.78 is 44.0. The highest BCUT2D eigenvalue weighted by Gasteiger charge is 2.31. The first-order chi connectivity index (χ1) is 12.8. The number of halogens is 3. The third-order valence-electron chi connectivity index (χ3n) is 4.06. The Morgan fingerprint density at radius 2 is 1.89 bits per heavy atom. The molecule has 0 bridgehead atoms. The number of fused-ring (bicyclic) bond motifs is 1. The van der Waals surface area contributed by atoms with Crippen LogP contribution in [0.3, 0.4) is 0 Å². The average Bonchev–Trinajstić information content (AvgIpc) is 2.60. The molecule has 1 unspecified atom stereocenters. The second-order valence-electron chi connectivity index (χ2n) is 5.90. The molecular formula is C18H15F3N2O4. The Labute approximate surface area is 151 Å². The van der Waals surface area contributed by atoms with Gasteiger partial charge in [0.15, 0.2) is 0 Å². The van der Waals surface area contributed by atoms with Crippen molar-refractivity contribution in [1.82, 2.24) is 5.32 Å². The molecule has 3 N–H and O–H groups in total. The van der Waals surface area contributed by atoms with Gasteiger partial charge in [-0.25, -0.2) is 4.79 Å². The van der Waals surface area contributed by atoms with Crippen LogP contribution in [-0.2, 0) is 6.18 Å². The Bertz CT molecular complexity index is 883. The zero-order valence-electron chi connectivity index (χ0n) is 13.8. The number of alkyl halides is 3. The molecule has 0 spiro atoms. The van der Waals surface area contributed by atoms with Crippen molar-refractivity contribution < 1.29 is 32.6 Å². The molecule has 1 heterocycles. The fraction of sp³-hybridized carbons (Fsp3) is 0.222. The lowest BCUT2D eigenvalue weighted by molar-refractivity contribution is -0.137. The van der Waals surface area contributed by atoms with E-state index in [0.717, 1.165) is 12.1 Å². The summed E-state index contributed by atoms with van der Waals surface area (Å²) in [6.45, 7) is 0.200. The third kappa shape index (κ3) is 4.13. The number of ether oxygens (including phenoxy) is 1. The van der Waals surface area contributed by atoms with Gasteiger partial charge < -0.3 is 20.5 Å². The summed E-state index contributed by atoms with van der Waals surface area (Å²) in [4.78, 5) is 23.5. The van der Waals surface area contributed by atoms with Gasteiger partial charge in [0.05, 0.1) is 23.8 Å². The Hall–Kier alpha value is -3.23. The number of rotatable bonds is 3. The van der Waals surface area contributed by atoms with Gasteiger partial charge in [-0.15, -0.1) is 0 Å². The lowest BCUT2D eigenvalue weighted by Crippen LogP contribution is -2.31. The predicted molar refractivity (Wildman–Crippen MR) is 89.9 cm³/mol. The molecule has 0 fully saturated rings. The van der Waals surface area contributed by atoms with Crippen LogP contribution < -0.4 is 15.4 Å². The van der Waals surface area contributed by atoms with Gasteiger partial charge >= 0.3 is 12.3 Å². The number of hydrogen-bond acceptors (Lipinski definition) is 3. The maximum atomic E-state index is 12.8. The van der Waals surface area contributed by atoms with Crippen molar-refractivity contribution in [3.8, 4) is 5.75 Å². The van der Waals surface area contributed by atoms with Crippen LogP contribution in [0.1, 0.15) is 33.9 Å². The highest BCUT2D eigenvalue weighted by atomic mass is 19.4. The number of anilines is 1. The largest absolute Gasteiger partial charge is 0.492 e. The van der Waals surface area contributed by atoms with E-state index in [1.165, 1.54) is 18.2 Å². The Balaban J connectivity index is 1.87. The minimum absolute atomic E-state index is 0.0107. The normalized spacial score (nSPS) is 16.0. The van der Waals surface area contributed by atoms with Crippen molar-refractivity contribution in [2.24, 2.45) is 0 Å². The van der Waals surface area contributed by atoms with Crippen molar-refractivity contribution in [2.45, 2.75) is 18.6 Å². The maximum absolute atomic E-state index is 12.8. The van der Waals surface area contributed by atoms with Crippen molar-refractivity contribution >= 4 is 17.7 Å². The SMILES string of the molecule is O=C(O)NC1CCOc2c(C(=O)Nc3cccc(C(F)(F)F)c3)cccc21. The van der Waals surface area contributed by atoms with Crippen LogP contribution in [0.25, 0.3) is 0 Å². The van der Waals surface area contributed by atoms with Gasteiger partial charge in [0, 0.05) is 17.7 Å². The van der Waals surface area contributed by atoms with Crippen LogP contribution in [0.2, 0.25) is 0 Å². The standard InChI is InChI=1S/C18H15F3N2O4/c19-18(20,21)10-3-1-4-11(9-10)22-16(24)13-6-2-5-12-14(23-17(25)26)7-8-27-15(12)13/h1-6,9,14,23H,7-8H2,(H,22,24)(H,25,26). The summed E-state index contributed by atoms with van der Waals surface area (Å²) in [5, 5.41) is 13.7. The van der Waals surface area contributed by atoms with E-state index in [-0.39, 0.29) is 23.6 Å². The second-order valence-corrected chi connectivity index (χ2v) is 5.90. The number of amides is 2. The minimum atomic E-state index is -4.52. The molecule has 0 aromatic heterocycles. The van der Waals surface area contributed by atoms with Gasteiger partial charge in [0.25, 0.3) is 5.91 Å². The van der Waals surface area contributed by atoms with Gasteiger partial charge in [-0.2, -0.15) is 13.2 Å². The van der Waals surface area contributed by atoms with Crippen molar-refractivity contribution in [3.63, 3.8) is 0 Å². The number of hydrogen-bond donors (Lipinski definition) is 3. The predicted octanol–water partition coefficient (Wildman–Crippen LogP) is 4.05. The van der Waals surface area contributed by atoms with Crippen molar-refractivity contribution in [3.05, 3.63) is 59.2 Å². The van der Waals surface area contributed by atoms with Gasteiger partial charge in [0.1, 0.15) is 5.75 Å². The number of nitrogens with one attached hydrogen (secondary N) is 2. The Morgan fingerprint density at radius 3 is 2.59 bits per heavy atom. The van der Waals surface area contributed by atoms with E-state index in [4.69, 9.17) is 9.84 Å². The van der Waals surface area contributed by atoms with Crippen LogP contribution in [0.5, 0.6) is 5.75 Å². The number of carboxylic acid groups (broad SMARTS) is 1. The molecule has 6 nitrogen and oxygen atoms in total. The van der Waals surface area contributed by atoms with Gasteiger partial charge in [-0.05, 0) is 24.3 Å². The molecule has 142 valence electrons. The van der Waals surface area contributed by atoms with Gasteiger partial charge in [0.2, 0.25) is 0 Å². The van der Waals surface area contributed by atoms with Gasteiger partial charge in [-0.1, -0.05) is 18.2 Å². The van der Waals surface area contributed by atoms with Crippen LogP contribution in [0, 0.1) is 0 Å². The molecule has 0 aliphatic carbocycles. The van der Waals surface area contributed by atoms with Gasteiger partial charge in [-0.3, -0.25) is 4.79 Å². The lowest BCUT2D eigenvalue weighted by Gasteiger charge is -2.27. The summed E-state index contributed by atoms with van der Waals surface area (Å²) >= 11 is 0. The summed E-state index contributed by atoms with van der Waals surface area (Å²) in [5.74, 6) is -0.436. The average molecular weight is 380 g/mol. The third-order valence-corrected chi connectivity index (χ3v) is 4.06. The first kappa shape index (κ1) is 18.6. The van der Waals surface area contributed by atoms with E-state index in [1.54, 1.807) is 12.1 Å². The van der Waals surface area contributed by atoms with E-state index >= 15 is 0 Å². The zero-order chi connectivity index (χ0) is 19.6. The maximum Gasteiger partial charge on any atom is 0.416 e. The Kier molecular flexibility index (Phi) is 4.93. The fourth-order valence-corrected chi connectivity index (χ4v) is 2.87. The summed E-state index contributed by atoms with van der Waals surface area (Å²) in [6.07, 6.45) is -5.32. The number of carbonyl (C=O) groups is 2. The summed E-state index contributed by atoms with van der Waals surface area (Å²) in [6, 6.07) is 8.41. The smallest absolute Gasteiger partial charge is 0.416 e. The molecule has 2 amide bonds. The summed E-state index contributed by atoms with van der Waals surface area (Å²) in [5.41, 5.74) is -0.275. The van der Waals surface area contributed by atoms with E-state index in [2.05, 4.69) is 10.6 Å². The molecule has 2 aromatic rings. The zero-order valence-corrected chi connectivity index (χ0v) is 13.8. The second kappa shape index (κ2) is 7.18. The van der Waals surface area contributed by atoms with Crippen LogP contribution in [0.15, 0.2) is 42.5 Å². The number of carbonyl (C=O) groups excluding carboxylic acids is 1. The molecule has 1 atom stereocenters. The molecule has 1 aliphatic heterocycles. The van der Waals surface area contributed by atoms with E-state index in [9.17, 15) is 22.8 Å². The van der Waals surface area contributed by atoms with Crippen molar-refractivity contribution in [1.29, 1.82) is 0 Å². The molecule has 0 saturated heterocycles. The highest BCUT2D eigenvalue weighted by Crippen LogP contribution is 2.36. The Morgan fingerprint density at radius 1 is 1.15 bits per heavy atom. The molecule has 0 saturated carbocycles. The molecule has 9 heteroatoms. The highest BCUT2D eigenvalue weighted by molar-refractivity contribution is 6.06. The first-order valence-electron chi connectivity index (χ1n) is 7.99. The monoisotopic (exact) mass is 380 g/mol. The van der Waals surface area contributed by atoms with Crippen LogP contribution in [0.4, 0.5) is 23.7 Å². The van der Waals surface area contributed by atoms with Crippen LogP contribution >= 0.6 is 0 Å². The van der Waals surface area contributed by atoms with Crippen LogP contribution in [-0.4, -0.2) is 23.7 Å². The quantitative estimate of drug-likeness (QED) is 0.750. The molecule has 1 aliphatic rings. The van der Waals surface area contributed by atoms with E-state index in [0.29, 0.717) is 12.0 Å². The number of para-hydroxylation sites is 1. The molecule has 0 radical (unpaired) electrons. The van der Waals surface area contributed by atoms with E-state index in [1.807, 2.05) is 0 Å². The molecular weight excluding hydrogens is 365 g/mol.